The Hall–Kier alpha value is -1.07. The number of hydrogen-bond donors (Lipinski definition) is 2. The normalized spacial score (nSPS) is 16.7. The van der Waals surface area contributed by atoms with Crippen LogP contribution in [-0.4, -0.2) is 14.2 Å². The molecule has 5 heteroatoms. The van der Waals surface area contributed by atoms with Crippen molar-refractivity contribution in [1.29, 1.82) is 0 Å². The number of rotatable bonds is 5. The number of benzene rings is 1. The van der Waals surface area contributed by atoms with Crippen LogP contribution in [-0.2, 0) is 16.6 Å². The first kappa shape index (κ1) is 12.4. The number of nitrogen functional groups attached to an aromatic ring is 1. The Bertz CT molecular complexity index is 481. The first-order valence-electron chi connectivity index (χ1n) is 5.87. The van der Waals surface area contributed by atoms with Gasteiger partial charge >= 0.3 is 0 Å². The lowest BCUT2D eigenvalue weighted by Crippen LogP contribution is -2.31. The van der Waals surface area contributed by atoms with Gasteiger partial charge in [-0.2, -0.15) is 0 Å². The van der Waals surface area contributed by atoms with Gasteiger partial charge < -0.3 is 5.73 Å². The molecule has 0 amide bonds. The van der Waals surface area contributed by atoms with Crippen molar-refractivity contribution in [3.05, 3.63) is 29.8 Å². The summed E-state index contributed by atoms with van der Waals surface area (Å²) in [5, 5.41) is 0. The summed E-state index contributed by atoms with van der Waals surface area (Å²) in [7, 11) is -3.14. The van der Waals surface area contributed by atoms with Gasteiger partial charge in [-0.05, 0) is 36.5 Å². The molecule has 4 nitrogen and oxygen atoms in total. The van der Waals surface area contributed by atoms with Gasteiger partial charge in [-0.15, -0.1) is 0 Å². The highest BCUT2D eigenvalue weighted by atomic mass is 32.2. The third-order valence-electron chi connectivity index (χ3n) is 3.13. The summed E-state index contributed by atoms with van der Waals surface area (Å²) in [6, 6.07) is 7.26. The molecule has 0 bridgehead atoms. The number of nitrogens with two attached hydrogens (primary N) is 1. The predicted octanol–water partition coefficient (Wildman–Crippen LogP) is 1.49. The van der Waals surface area contributed by atoms with Crippen LogP contribution in [0.4, 0.5) is 5.69 Å². The van der Waals surface area contributed by atoms with Gasteiger partial charge in [-0.3, -0.25) is 0 Å². The van der Waals surface area contributed by atoms with Crippen molar-refractivity contribution in [3.8, 4) is 0 Å². The third-order valence-corrected chi connectivity index (χ3v) is 4.62. The zero-order valence-electron chi connectivity index (χ0n) is 9.72. The second kappa shape index (κ2) is 5.06. The van der Waals surface area contributed by atoms with E-state index in [0.29, 0.717) is 18.2 Å². The van der Waals surface area contributed by atoms with Gasteiger partial charge in [0.15, 0.2) is 0 Å². The van der Waals surface area contributed by atoms with Crippen LogP contribution in [0.25, 0.3) is 0 Å². The Morgan fingerprint density at radius 2 is 2.12 bits per heavy atom. The van der Waals surface area contributed by atoms with Crippen LogP contribution in [0.3, 0.4) is 0 Å². The fourth-order valence-corrected chi connectivity index (χ4v) is 3.38. The Balaban J connectivity index is 1.88. The van der Waals surface area contributed by atoms with E-state index in [9.17, 15) is 8.42 Å². The molecule has 94 valence electrons. The first-order chi connectivity index (χ1) is 8.05. The third kappa shape index (κ3) is 3.71. The largest absolute Gasteiger partial charge is 0.399 e. The molecule has 0 aliphatic heterocycles. The van der Waals surface area contributed by atoms with Crippen molar-refractivity contribution in [2.45, 2.75) is 25.8 Å². The van der Waals surface area contributed by atoms with Crippen LogP contribution in [0.15, 0.2) is 24.3 Å². The molecule has 0 heterocycles. The summed E-state index contributed by atoms with van der Waals surface area (Å²) < 4.78 is 26.1. The number of nitrogens with one attached hydrogen (secondary N) is 1. The summed E-state index contributed by atoms with van der Waals surface area (Å²) in [4.78, 5) is 0. The second-order valence-electron chi connectivity index (χ2n) is 4.64. The summed E-state index contributed by atoms with van der Waals surface area (Å²) in [5.41, 5.74) is 7.18. The zero-order valence-corrected chi connectivity index (χ0v) is 10.5. The summed E-state index contributed by atoms with van der Waals surface area (Å²) in [6.45, 7) is 0.320. The minimum Gasteiger partial charge on any atom is -0.399 e. The molecule has 0 spiro atoms. The van der Waals surface area contributed by atoms with Gasteiger partial charge in [-0.25, -0.2) is 13.1 Å². The molecule has 1 fully saturated rings. The lowest BCUT2D eigenvalue weighted by molar-refractivity contribution is 0.346. The van der Waals surface area contributed by atoms with Crippen LogP contribution in [0.2, 0.25) is 0 Å². The van der Waals surface area contributed by atoms with Crippen LogP contribution >= 0.6 is 0 Å². The van der Waals surface area contributed by atoms with Gasteiger partial charge in [0.2, 0.25) is 10.0 Å². The number of sulfonamides is 1. The SMILES string of the molecule is Nc1cccc(CNS(=O)(=O)CC2CCC2)c1. The number of hydrogen-bond acceptors (Lipinski definition) is 3. The number of anilines is 1. The molecular weight excluding hydrogens is 236 g/mol. The van der Waals surface area contributed by atoms with Crippen molar-refractivity contribution in [2.24, 2.45) is 5.92 Å². The average Bonchev–Trinajstić information content (AvgIpc) is 2.22. The van der Waals surface area contributed by atoms with E-state index in [1.807, 2.05) is 12.1 Å². The van der Waals surface area contributed by atoms with Crippen molar-refractivity contribution in [3.63, 3.8) is 0 Å². The van der Waals surface area contributed by atoms with Crippen LogP contribution < -0.4 is 10.5 Å². The van der Waals surface area contributed by atoms with E-state index >= 15 is 0 Å². The minimum atomic E-state index is -3.14. The first-order valence-corrected chi connectivity index (χ1v) is 7.52. The van der Waals surface area contributed by atoms with Crippen LogP contribution in [0, 0.1) is 5.92 Å². The van der Waals surface area contributed by atoms with E-state index in [4.69, 9.17) is 5.73 Å². The van der Waals surface area contributed by atoms with Gasteiger partial charge in [-0.1, -0.05) is 18.6 Å². The zero-order chi connectivity index (χ0) is 12.3. The highest BCUT2D eigenvalue weighted by molar-refractivity contribution is 7.89. The Morgan fingerprint density at radius 3 is 2.71 bits per heavy atom. The van der Waals surface area contributed by atoms with E-state index in [-0.39, 0.29) is 5.75 Å². The molecule has 1 aliphatic rings. The Morgan fingerprint density at radius 1 is 1.35 bits per heavy atom. The molecule has 0 saturated heterocycles. The monoisotopic (exact) mass is 254 g/mol. The van der Waals surface area contributed by atoms with Crippen molar-refractivity contribution < 1.29 is 8.42 Å². The maximum Gasteiger partial charge on any atom is 0.212 e. The van der Waals surface area contributed by atoms with Crippen LogP contribution in [0.5, 0.6) is 0 Å². The lowest BCUT2D eigenvalue weighted by atomic mass is 9.87. The van der Waals surface area contributed by atoms with Crippen molar-refractivity contribution in [2.75, 3.05) is 11.5 Å². The van der Waals surface area contributed by atoms with E-state index in [1.54, 1.807) is 12.1 Å². The lowest BCUT2D eigenvalue weighted by Gasteiger charge is -2.24. The molecule has 3 N–H and O–H groups in total. The molecule has 1 saturated carbocycles. The van der Waals surface area contributed by atoms with Gasteiger partial charge in [0, 0.05) is 12.2 Å². The van der Waals surface area contributed by atoms with E-state index < -0.39 is 10.0 Å². The maximum atomic E-state index is 11.7. The topological polar surface area (TPSA) is 72.2 Å². The molecule has 17 heavy (non-hydrogen) atoms. The Kier molecular flexibility index (Phi) is 3.69. The van der Waals surface area contributed by atoms with Crippen molar-refractivity contribution >= 4 is 15.7 Å². The molecule has 0 radical (unpaired) electrons. The van der Waals surface area contributed by atoms with Gasteiger partial charge in [0.1, 0.15) is 0 Å². The summed E-state index contributed by atoms with van der Waals surface area (Å²) >= 11 is 0. The molecule has 0 aromatic heterocycles. The highest BCUT2D eigenvalue weighted by Gasteiger charge is 2.24. The van der Waals surface area contributed by atoms with E-state index in [0.717, 1.165) is 24.8 Å². The fraction of sp³-hybridized carbons (Fsp3) is 0.500. The van der Waals surface area contributed by atoms with E-state index in [1.165, 1.54) is 0 Å². The summed E-state index contributed by atoms with van der Waals surface area (Å²) in [6.07, 6.45) is 3.24. The fourth-order valence-electron chi connectivity index (χ4n) is 1.93. The summed E-state index contributed by atoms with van der Waals surface area (Å²) in [5.74, 6) is 0.614. The molecule has 1 aromatic carbocycles. The Labute approximate surface area is 102 Å². The minimum absolute atomic E-state index is 0.259. The highest BCUT2D eigenvalue weighted by Crippen LogP contribution is 2.27. The predicted molar refractivity (Wildman–Crippen MR) is 68.8 cm³/mol. The maximum absolute atomic E-state index is 11.7. The van der Waals surface area contributed by atoms with E-state index in [2.05, 4.69) is 4.72 Å². The molecule has 0 atom stereocenters. The quantitative estimate of drug-likeness (QED) is 0.782. The van der Waals surface area contributed by atoms with Gasteiger partial charge in [0.05, 0.1) is 5.75 Å². The second-order valence-corrected chi connectivity index (χ2v) is 6.50. The molecule has 2 rings (SSSR count). The standard InChI is InChI=1S/C12H18N2O2S/c13-12-6-2-5-11(7-12)8-14-17(15,16)9-10-3-1-4-10/h2,5-7,10,14H,1,3-4,8-9,13H2. The molecule has 0 unspecified atom stereocenters. The van der Waals surface area contributed by atoms with Gasteiger partial charge in [0.25, 0.3) is 0 Å². The van der Waals surface area contributed by atoms with Crippen LogP contribution in [0.1, 0.15) is 24.8 Å². The molecule has 1 aromatic rings. The smallest absolute Gasteiger partial charge is 0.212 e. The van der Waals surface area contributed by atoms with Crippen molar-refractivity contribution in [1.82, 2.24) is 4.72 Å². The average molecular weight is 254 g/mol. The molecule has 1 aliphatic carbocycles. The molecular formula is C12H18N2O2S.